The van der Waals surface area contributed by atoms with E-state index in [1.807, 2.05) is 12.3 Å². The first-order valence-electron chi connectivity index (χ1n) is 8.53. The van der Waals surface area contributed by atoms with Crippen molar-refractivity contribution in [2.24, 2.45) is 0 Å². The second kappa shape index (κ2) is 6.11. The van der Waals surface area contributed by atoms with Gasteiger partial charge < -0.3 is 0 Å². The van der Waals surface area contributed by atoms with Gasteiger partial charge in [-0.05, 0) is 29.1 Å². The molecule has 0 atom stereocenters. The van der Waals surface area contributed by atoms with Gasteiger partial charge in [0.05, 0.1) is 17.4 Å². The summed E-state index contributed by atoms with van der Waals surface area (Å²) in [5, 5.41) is 7.08. The summed E-state index contributed by atoms with van der Waals surface area (Å²) in [6.45, 7) is 0. The van der Waals surface area contributed by atoms with Crippen LogP contribution in [0.5, 0.6) is 0 Å². The van der Waals surface area contributed by atoms with Crippen LogP contribution in [0, 0.1) is 0 Å². The standard InChI is InChI=1S/C23H15BrN2/c24-18-11-12-19-20(15-18)22(16-7-3-1-4-8-16)23(17-9-5-2-6-10-17)26-21(19)13-14-25-26/h1-15H. The third-order valence-corrected chi connectivity index (χ3v) is 5.22. The highest BCUT2D eigenvalue weighted by Gasteiger charge is 2.18. The number of rotatable bonds is 2. The summed E-state index contributed by atoms with van der Waals surface area (Å²) in [5.74, 6) is 0. The van der Waals surface area contributed by atoms with Crippen molar-refractivity contribution in [2.45, 2.75) is 0 Å². The second-order valence-corrected chi connectivity index (χ2v) is 7.19. The molecule has 0 amide bonds. The lowest BCUT2D eigenvalue weighted by Crippen LogP contribution is -1.99. The molecule has 2 nitrogen and oxygen atoms in total. The molecular weight excluding hydrogens is 384 g/mol. The highest BCUT2D eigenvalue weighted by atomic mass is 79.9. The van der Waals surface area contributed by atoms with E-state index in [0.29, 0.717) is 0 Å². The molecule has 0 unspecified atom stereocenters. The molecule has 3 aromatic carbocycles. The SMILES string of the molecule is Brc1ccc2c(c1)c(-c1ccccc1)c(-c1ccccc1)n1nccc21. The number of pyridine rings is 1. The van der Waals surface area contributed by atoms with Crippen LogP contribution in [-0.4, -0.2) is 9.61 Å². The Hall–Kier alpha value is -2.91. The van der Waals surface area contributed by atoms with Crippen molar-refractivity contribution in [1.82, 2.24) is 9.61 Å². The number of hydrogen-bond acceptors (Lipinski definition) is 1. The van der Waals surface area contributed by atoms with Crippen LogP contribution in [0.1, 0.15) is 0 Å². The minimum Gasteiger partial charge on any atom is -0.232 e. The zero-order valence-electron chi connectivity index (χ0n) is 13.9. The van der Waals surface area contributed by atoms with E-state index >= 15 is 0 Å². The van der Waals surface area contributed by atoms with Crippen LogP contribution in [0.2, 0.25) is 0 Å². The first kappa shape index (κ1) is 15.4. The Morgan fingerprint density at radius 3 is 2.12 bits per heavy atom. The number of nitrogens with zero attached hydrogens (tertiary/aromatic N) is 2. The Labute approximate surface area is 159 Å². The van der Waals surface area contributed by atoms with Gasteiger partial charge in [-0.3, -0.25) is 0 Å². The molecule has 2 heterocycles. The fourth-order valence-electron chi connectivity index (χ4n) is 3.63. The summed E-state index contributed by atoms with van der Waals surface area (Å²) in [5.41, 5.74) is 5.77. The molecular formula is C23H15BrN2. The minimum atomic E-state index is 1.07. The lowest BCUT2D eigenvalue weighted by Gasteiger charge is -2.17. The third kappa shape index (κ3) is 2.36. The number of fused-ring (bicyclic) bond motifs is 3. The smallest absolute Gasteiger partial charge is 0.0809 e. The van der Waals surface area contributed by atoms with Gasteiger partial charge >= 0.3 is 0 Å². The predicted octanol–water partition coefficient (Wildman–Crippen LogP) is 6.58. The summed E-state index contributed by atoms with van der Waals surface area (Å²) in [6.07, 6.45) is 1.87. The largest absolute Gasteiger partial charge is 0.232 e. The van der Waals surface area contributed by atoms with E-state index in [1.165, 1.54) is 21.9 Å². The molecule has 3 heteroatoms. The molecule has 0 aliphatic rings. The monoisotopic (exact) mass is 398 g/mol. The van der Waals surface area contributed by atoms with Gasteiger partial charge in [0.2, 0.25) is 0 Å². The van der Waals surface area contributed by atoms with Gasteiger partial charge in [-0.2, -0.15) is 5.10 Å². The van der Waals surface area contributed by atoms with Gasteiger partial charge in [0, 0.05) is 21.0 Å². The highest BCUT2D eigenvalue weighted by molar-refractivity contribution is 9.10. The second-order valence-electron chi connectivity index (χ2n) is 6.27. The third-order valence-electron chi connectivity index (χ3n) is 4.73. The molecule has 5 aromatic rings. The summed E-state index contributed by atoms with van der Waals surface area (Å²) >= 11 is 3.65. The van der Waals surface area contributed by atoms with Crippen molar-refractivity contribution in [3.63, 3.8) is 0 Å². The zero-order chi connectivity index (χ0) is 17.5. The van der Waals surface area contributed by atoms with E-state index in [2.05, 4.69) is 104 Å². The molecule has 0 spiro atoms. The normalized spacial score (nSPS) is 11.3. The van der Waals surface area contributed by atoms with Crippen LogP contribution in [0.15, 0.2) is 95.6 Å². The van der Waals surface area contributed by atoms with Gasteiger partial charge in [0.25, 0.3) is 0 Å². The van der Waals surface area contributed by atoms with Crippen molar-refractivity contribution in [1.29, 1.82) is 0 Å². The summed E-state index contributed by atoms with van der Waals surface area (Å²) in [7, 11) is 0. The molecule has 5 rings (SSSR count). The first-order chi connectivity index (χ1) is 12.8. The molecule has 0 aliphatic heterocycles. The van der Waals surface area contributed by atoms with Crippen LogP contribution in [0.3, 0.4) is 0 Å². The molecule has 0 aliphatic carbocycles. The lowest BCUT2D eigenvalue weighted by molar-refractivity contribution is 0.976. The molecule has 0 saturated carbocycles. The fourth-order valence-corrected chi connectivity index (χ4v) is 3.99. The van der Waals surface area contributed by atoms with Crippen molar-refractivity contribution in [2.75, 3.05) is 0 Å². The average Bonchev–Trinajstić information content (AvgIpc) is 3.17. The quantitative estimate of drug-likeness (QED) is 0.328. The topological polar surface area (TPSA) is 17.3 Å². The molecule has 0 bridgehead atoms. The maximum Gasteiger partial charge on any atom is 0.0809 e. The predicted molar refractivity (Wildman–Crippen MR) is 111 cm³/mol. The van der Waals surface area contributed by atoms with Crippen molar-refractivity contribution in [3.8, 4) is 22.4 Å². The first-order valence-corrected chi connectivity index (χ1v) is 9.32. The lowest BCUT2D eigenvalue weighted by atomic mass is 9.93. The minimum absolute atomic E-state index is 1.07. The van der Waals surface area contributed by atoms with Crippen LogP contribution < -0.4 is 0 Å². The van der Waals surface area contributed by atoms with E-state index in [0.717, 1.165) is 21.2 Å². The maximum atomic E-state index is 4.66. The molecule has 0 saturated heterocycles. The number of aromatic nitrogens is 2. The van der Waals surface area contributed by atoms with E-state index in [4.69, 9.17) is 0 Å². The Balaban J connectivity index is 2.05. The van der Waals surface area contributed by atoms with Crippen LogP contribution in [-0.2, 0) is 0 Å². The van der Waals surface area contributed by atoms with Crippen molar-refractivity contribution >= 4 is 32.2 Å². The summed E-state index contributed by atoms with van der Waals surface area (Å²) in [4.78, 5) is 0. The van der Waals surface area contributed by atoms with E-state index < -0.39 is 0 Å². The molecule has 0 fully saturated rings. The number of halogens is 1. The van der Waals surface area contributed by atoms with E-state index in [1.54, 1.807) is 0 Å². The summed E-state index contributed by atoms with van der Waals surface area (Å²) in [6, 6.07) is 29.6. The van der Waals surface area contributed by atoms with Gasteiger partial charge in [-0.25, -0.2) is 4.52 Å². The van der Waals surface area contributed by atoms with Crippen molar-refractivity contribution in [3.05, 3.63) is 95.6 Å². The van der Waals surface area contributed by atoms with Gasteiger partial charge in [0.15, 0.2) is 0 Å². The van der Waals surface area contributed by atoms with Gasteiger partial charge in [-0.15, -0.1) is 0 Å². The maximum absolute atomic E-state index is 4.66. The van der Waals surface area contributed by atoms with Gasteiger partial charge in [-0.1, -0.05) is 82.7 Å². The molecule has 0 radical (unpaired) electrons. The number of benzene rings is 3. The summed E-state index contributed by atoms with van der Waals surface area (Å²) < 4.78 is 3.14. The Bertz CT molecular complexity index is 1230. The average molecular weight is 399 g/mol. The molecule has 2 aromatic heterocycles. The van der Waals surface area contributed by atoms with Crippen LogP contribution in [0.4, 0.5) is 0 Å². The molecule has 0 N–H and O–H groups in total. The fraction of sp³-hybridized carbons (Fsp3) is 0. The molecule has 26 heavy (non-hydrogen) atoms. The Morgan fingerprint density at radius 1 is 0.692 bits per heavy atom. The van der Waals surface area contributed by atoms with Crippen LogP contribution >= 0.6 is 15.9 Å². The highest BCUT2D eigenvalue weighted by Crippen LogP contribution is 2.40. The Morgan fingerprint density at radius 2 is 1.38 bits per heavy atom. The Kier molecular flexibility index (Phi) is 3.61. The van der Waals surface area contributed by atoms with Gasteiger partial charge in [0.1, 0.15) is 0 Å². The number of hydrogen-bond donors (Lipinski definition) is 0. The van der Waals surface area contributed by atoms with E-state index in [9.17, 15) is 0 Å². The van der Waals surface area contributed by atoms with E-state index in [-0.39, 0.29) is 0 Å². The van der Waals surface area contributed by atoms with Crippen molar-refractivity contribution < 1.29 is 0 Å². The zero-order valence-corrected chi connectivity index (χ0v) is 15.5. The molecule has 124 valence electrons. The van der Waals surface area contributed by atoms with Crippen LogP contribution in [0.25, 0.3) is 38.7 Å².